The smallest absolute Gasteiger partial charge is 0.123 e. The van der Waals surface area contributed by atoms with Gasteiger partial charge in [0.25, 0.3) is 0 Å². The number of hydrogen-bond donors (Lipinski definition) is 1. The van der Waals surface area contributed by atoms with E-state index in [9.17, 15) is 0 Å². The standard InChI is InChI=1S/C12H17N3.2ClH/c1-9(2)8-15-11-6-4-3-5-10(11)14-12(15)7-13;;/h3-6,9H,7-8,13H2,1-2H3;2*1H. The Labute approximate surface area is 114 Å². The normalized spacial score (nSPS) is 10.1. The summed E-state index contributed by atoms with van der Waals surface area (Å²) in [7, 11) is 0. The van der Waals surface area contributed by atoms with E-state index >= 15 is 0 Å². The van der Waals surface area contributed by atoms with E-state index in [1.165, 1.54) is 5.52 Å². The Morgan fingerprint density at radius 1 is 1.24 bits per heavy atom. The van der Waals surface area contributed by atoms with E-state index in [2.05, 4.69) is 29.5 Å². The maximum absolute atomic E-state index is 5.71. The van der Waals surface area contributed by atoms with Crippen molar-refractivity contribution < 1.29 is 0 Å². The van der Waals surface area contributed by atoms with Crippen LogP contribution in [0.1, 0.15) is 19.7 Å². The van der Waals surface area contributed by atoms with E-state index in [0.29, 0.717) is 12.5 Å². The fourth-order valence-electron chi connectivity index (χ4n) is 1.85. The van der Waals surface area contributed by atoms with Gasteiger partial charge in [0.1, 0.15) is 5.82 Å². The van der Waals surface area contributed by atoms with Crippen LogP contribution in [0.5, 0.6) is 0 Å². The van der Waals surface area contributed by atoms with Gasteiger partial charge in [0.05, 0.1) is 17.6 Å². The summed E-state index contributed by atoms with van der Waals surface area (Å²) in [6.45, 7) is 5.89. The Kier molecular flexibility index (Phi) is 6.53. The van der Waals surface area contributed by atoms with Crippen LogP contribution in [0.4, 0.5) is 0 Å². The van der Waals surface area contributed by atoms with Gasteiger partial charge >= 0.3 is 0 Å². The Hall–Kier alpha value is -0.770. The molecule has 0 unspecified atom stereocenters. The van der Waals surface area contributed by atoms with Crippen LogP contribution in [0.2, 0.25) is 0 Å². The van der Waals surface area contributed by atoms with E-state index in [0.717, 1.165) is 17.9 Å². The van der Waals surface area contributed by atoms with E-state index < -0.39 is 0 Å². The molecule has 0 saturated carbocycles. The third kappa shape index (κ3) is 3.35. The van der Waals surface area contributed by atoms with Crippen molar-refractivity contribution in [3.8, 4) is 0 Å². The van der Waals surface area contributed by atoms with Crippen LogP contribution in [-0.4, -0.2) is 9.55 Å². The highest BCUT2D eigenvalue weighted by atomic mass is 35.5. The molecule has 0 aliphatic rings. The number of nitrogens with two attached hydrogens (primary N) is 1. The molecule has 2 aromatic rings. The molecule has 0 aliphatic carbocycles. The number of rotatable bonds is 3. The Balaban J connectivity index is 0.00000128. The van der Waals surface area contributed by atoms with Gasteiger partial charge in [0.2, 0.25) is 0 Å². The van der Waals surface area contributed by atoms with Gasteiger partial charge in [-0.15, -0.1) is 24.8 Å². The SMILES string of the molecule is CC(C)Cn1c(CN)nc2ccccc21.Cl.Cl. The monoisotopic (exact) mass is 275 g/mol. The molecular weight excluding hydrogens is 257 g/mol. The van der Waals surface area contributed by atoms with Crippen molar-refractivity contribution in [3.05, 3.63) is 30.1 Å². The summed E-state index contributed by atoms with van der Waals surface area (Å²) in [5.74, 6) is 1.58. The van der Waals surface area contributed by atoms with E-state index in [1.54, 1.807) is 0 Å². The van der Waals surface area contributed by atoms with Crippen molar-refractivity contribution in [2.45, 2.75) is 26.9 Å². The van der Waals surface area contributed by atoms with Crippen molar-refractivity contribution in [2.75, 3.05) is 0 Å². The van der Waals surface area contributed by atoms with Gasteiger partial charge in [-0.1, -0.05) is 26.0 Å². The molecule has 0 atom stereocenters. The van der Waals surface area contributed by atoms with Crippen molar-refractivity contribution >= 4 is 35.8 Å². The van der Waals surface area contributed by atoms with Crippen molar-refractivity contribution in [1.29, 1.82) is 0 Å². The fraction of sp³-hybridized carbons (Fsp3) is 0.417. The van der Waals surface area contributed by atoms with Crippen molar-refractivity contribution in [2.24, 2.45) is 11.7 Å². The third-order valence-electron chi connectivity index (χ3n) is 2.46. The van der Waals surface area contributed by atoms with E-state index in [1.807, 2.05) is 18.2 Å². The molecule has 0 fully saturated rings. The summed E-state index contributed by atoms with van der Waals surface area (Å²) in [5.41, 5.74) is 7.93. The second kappa shape index (κ2) is 6.84. The molecule has 0 aliphatic heterocycles. The molecule has 0 radical (unpaired) electrons. The lowest BCUT2D eigenvalue weighted by atomic mass is 10.2. The summed E-state index contributed by atoms with van der Waals surface area (Å²) in [6.07, 6.45) is 0. The lowest BCUT2D eigenvalue weighted by Crippen LogP contribution is -2.11. The zero-order valence-electron chi connectivity index (χ0n) is 10.1. The second-order valence-corrected chi connectivity index (χ2v) is 4.23. The van der Waals surface area contributed by atoms with Crippen LogP contribution in [0.3, 0.4) is 0 Å². The van der Waals surface area contributed by atoms with Crippen LogP contribution in [0.25, 0.3) is 11.0 Å². The quantitative estimate of drug-likeness (QED) is 0.936. The molecule has 1 aromatic carbocycles. The highest BCUT2D eigenvalue weighted by molar-refractivity contribution is 5.85. The topological polar surface area (TPSA) is 43.8 Å². The molecule has 17 heavy (non-hydrogen) atoms. The van der Waals surface area contributed by atoms with Crippen LogP contribution in [0.15, 0.2) is 24.3 Å². The first-order valence-corrected chi connectivity index (χ1v) is 5.36. The fourth-order valence-corrected chi connectivity index (χ4v) is 1.85. The molecule has 96 valence electrons. The van der Waals surface area contributed by atoms with Gasteiger partial charge in [-0.05, 0) is 18.1 Å². The van der Waals surface area contributed by atoms with E-state index in [4.69, 9.17) is 5.73 Å². The van der Waals surface area contributed by atoms with Crippen LogP contribution in [-0.2, 0) is 13.1 Å². The summed E-state index contributed by atoms with van der Waals surface area (Å²) in [5, 5.41) is 0. The number of para-hydroxylation sites is 2. The summed E-state index contributed by atoms with van der Waals surface area (Å²) < 4.78 is 2.22. The number of imidazole rings is 1. The predicted octanol–water partition coefficient (Wildman–Crippen LogP) is 2.99. The molecule has 0 spiro atoms. The lowest BCUT2D eigenvalue weighted by Gasteiger charge is -2.10. The number of hydrogen-bond acceptors (Lipinski definition) is 2. The first-order valence-electron chi connectivity index (χ1n) is 5.36. The molecule has 3 nitrogen and oxygen atoms in total. The second-order valence-electron chi connectivity index (χ2n) is 4.23. The van der Waals surface area contributed by atoms with Crippen LogP contribution >= 0.6 is 24.8 Å². The van der Waals surface area contributed by atoms with Crippen molar-refractivity contribution in [3.63, 3.8) is 0 Å². The summed E-state index contributed by atoms with van der Waals surface area (Å²) in [4.78, 5) is 4.52. The highest BCUT2D eigenvalue weighted by Gasteiger charge is 2.09. The molecule has 0 bridgehead atoms. The highest BCUT2D eigenvalue weighted by Crippen LogP contribution is 2.17. The molecule has 2 N–H and O–H groups in total. The molecular formula is C12H19Cl2N3. The third-order valence-corrected chi connectivity index (χ3v) is 2.46. The van der Waals surface area contributed by atoms with Crippen LogP contribution in [0, 0.1) is 5.92 Å². The summed E-state index contributed by atoms with van der Waals surface area (Å²) in [6, 6.07) is 8.19. The number of benzene rings is 1. The molecule has 0 amide bonds. The summed E-state index contributed by atoms with van der Waals surface area (Å²) >= 11 is 0. The molecule has 1 aromatic heterocycles. The van der Waals surface area contributed by atoms with Crippen LogP contribution < -0.4 is 5.73 Å². The average molecular weight is 276 g/mol. The number of aromatic nitrogens is 2. The molecule has 1 heterocycles. The minimum Gasteiger partial charge on any atom is -0.327 e. The lowest BCUT2D eigenvalue weighted by molar-refractivity contribution is 0.517. The van der Waals surface area contributed by atoms with Crippen molar-refractivity contribution in [1.82, 2.24) is 9.55 Å². The van der Waals surface area contributed by atoms with Gasteiger partial charge in [-0.3, -0.25) is 0 Å². The molecule has 2 rings (SSSR count). The van der Waals surface area contributed by atoms with Gasteiger partial charge in [0, 0.05) is 6.54 Å². The number of halogens is 2. The van der Waals surface area contributed by atoms with Gasteiger partial charge in [-0.2, -0.15) is 0 Å². The first-order chi connectivity index (χ1) is 7.22. The Bertz CT molecular complexity index is 466. The Morgan fingerprint density at radius 2 is 1.88 bits per heavy atom. The molecule has 5 heteroatoms. The predicted molar refractivity (Wildman–Crippen MR) is 77.0 cm³/mol. The number of nitrogens with zero attached hydrogens (tertiary/aromatic N) is 2. The Morgan fingerprint density at radius 3 is 2.47 bits per heavy atom. The maximum atomic E-state index is 5.71. The van der Waals surface area contributed by atoms with Gasteiger partial charge in [0.15, 0.2) is 0 Å². The zero-order valence-corrected chi connectivity index (χ0v) is 11.7. The average Bonchev–Trinajstić information content (AvgIpc) is 2.56. The van der Waals surface area contributed by atoms with Gasteiger partial charge in [-0.25, -0.2) is 4.98 Å². The largest absolute Gasteiger partial charge is 0.327 e. The maximum Gasteiger partial charge on any atom is 0.123 e. The first kappa shape index (κ1) is 16.2. The minimum atomic E-state index is 0. The van der Waals surface area contributed by atoms with E-state index in [-0.39, 0.29) is 24.8 Å². The zero-order chi connectivity index (χ0) is 10.8. The minimum absolute atomic E-state index is 0. The van der Waals surface area contributed by atoms with Gasteiger partial charge < -0.3 is 10.3 Å². The number of fused-ring (bicyclic) bond motifs is 1. The molecule has 0 saturated heterocycles.